The Hall–Kier alpha value is -1.20. The lowest BCUT2D eigenvalue weighted by Crippen LogP contribution is -2.36. The zero-order valence-electron chi connectivity index (χ0n) is 14.8. The van der Waals surface area contributed by atoms with Gasteiger partial charge in [0.2, 0.25) is 5.91 Å². The van der Waals surface area contributed by atoms with Gasteiger partial charge in [-0.05, 0) is 18.4 Å². The highest BCUT2D eigenvalue weighted by molar-refractivity contribution is 8.14. The topological polar surface area (TPSA) is 44.7 Å². The summed E-state index contributed by atoms with van der Waals surface area (Å²) in [4.78, 5) is 19.4. The highest BCUT2D eigenvalue weighted by Gasteiger charge is 2.29. The third kappa shape index (κ3) is 5.93. The normalized spacial score (nSPS) is 22.7. The van der Waals surface area contributed by atoms with E-state index >= 15 is 0 Å². The Kier molecular flexibility index (Phi) is 8.10. The van der Waals surface area contributed by atoms with Gasteiger partial charge < -0.3 is 10.2 Å². The van der Waals surface area contributed by atoms with Crippen molar-refractivity contribution in [2.24, 2.45) is 4.99 Å². The summed E-state index contributed by atoms with van der Waals surface area (Å²) in [5.41, 5.74) is 1.14. The number of rotatable bonds is 5. The minimum absolute atomic E-state index is 0. The maximum absolute atomic E-state index is 12.2. The largest absolute Gasteiger partial charge is 0.352 e. The summed E-state index contributed by atoms with van der Waals surface area (Å²) in [5.74, 6) is 1.08. The van der Waals surface area contributed by atoms with Crippen molar-refractivity contribution in [1.29, 1.82) is 0 Å². The van der Waals surface area contributed by atoms with Crippen LogP contribution in [0.5, 0.6) is 0 Å². The Balaban J connectivity index is 0.00000225. The van der Waals surface area contributed by atoms with Crippen molar-refractivity contribution in [1.82, 2.24) is 10.2 Å². The number of nitrogens with one attached hydrogen (secondary N) is 1. The van der Waals surface area contributed by atoms with E-state index in [1.54, 1.807) is 11.8 Å². The molecule has 1 aromatic rings. The summed E-state index contributed by atoms with van der Waals surface area (Å²) in [7, 11) is 2.08. The third-order valence-electron chi connectivity index (χ3n) is 4.88. The standard InChI is InChI=1S/C19H27N3OS.ClH/c1-22-17(12-18(23)20-13-15-8-4-2-5-9-15)14-24-19(22)21-16-10-6-3-7-11-16;/h2,4-5,8-9,16-17H,3,6-7,10-14H2,1H3,(H,20,23);1H. The lowest BCUT2D eigenvalue weighted by atomic mass is 9.96. The number of thioether (sulfide) groups is 1. The van der Waals surface area contributed by atoms with Gasteiger partial charge in [-0.1, -0.05) is 61.4 Å². The molecule has 1 aliphatic heterocycles. The lowest BCUT2D eigenvalue weighted by Gasteiger charge is -2.23. The van der Waals surface area contributed by atoms with Gasteiger partial charge in [0.15, 0.2) is 5.17 Å². The number of hydrogen-bond acceptors (Lipinski definition) is 3. The Bertz CT molecular complexity index is 575. The van der Waals surface area contributed by atoms with Crippen LogP contribution in [0.25, 0.3) is 0 Å². The van der Waals surface area contributed by atoms with Gasteiger partial charge in [0.1, 0.15) is 0 Å². The minimum atomic E-state index is 0. The van der Waals surface area contributed by atoms with Gasteiger partial charge in [-0.15, -0.1) is 12.4 Å². The number of carbonyl (C=O) groups excluding carboxylic acids is 1. The van der Waals surface area contributed by atoms with Crippen LogP contribution in [0.2, 0.25) is 0 Å². The van der Waals surface area contributed by atoms with Gasteiger partial charge in [-0.25, -0.2) is 0 Å². The molecule has 1 heterocycles. The summed E-state index contributed by atoms with van der Waals surface area (Å²) in [6.45, 7) is 0.603. The van der Waals surface area contributed by atoms with Gasteiger partial charge in [-0.3, -0.25) is 9.79 Å². The van der Waals surface area contributed by atoms with Crippen LogP contribution in [0.15, 0.2) is 35.3 Å². The average molecular weight is 382 g/mol. The maximum Gasteiger partial charge on any atom is 0.222 e. The van der Waals surface area contributed by atoms with Crippen LogP contribution < -0.4 is 5.32 Å². The summed E-state index contributed by atoms with van der Waals surface area (Å²) >= 11 is 1.80. The zero-order valence-corrected chi connectivity index (χ0v) is 16.5. The quantitative estimate of drug-likeness (QED) is 0.842. The van der Waals surface area contributed by atoms with Crippen LogP contribution >= 0.6 is 24.2 Å². The number of nitrogens with zero attached hydrogens (tertiary/aromatic N) is 2. The smallest absolute Gasteiger partial charge is 0.222 e. The van der Waals surface area contributed by atoms with Crippen LogP contribution in [-0.2, 0) is 11.3 Å². The molecule has 138 valence electrons. The first kappa shape index (κ1) is 20.1. The van der Waals surface area contributed by atoms with E-state index in [-0.39, 0.29) is 24.4 Å². The Morgan fingerprint density at radius 2 is 1.96 bits per heavy atom. The molecule has 1 amide bonds. The van der Waals surface area contributed by atoms with E-state index in [0.717, 1.165) is 16.5 Å². The fourth-order valence-corrected chi connectivity index (χ4v) is 4.57. The van der Waals surface area contributed by atoms with Crippen molar-refractivity contribution in [3.63, 3.8) is 0 Å². The Morgan fingerprint density at radius 3 is 2.68 bits per heavy atom. The monoisotopic (exact) mass is 381 g/mol. The van der Waals surface area contributed by atoms with Crippen LogP contribution in [0.3, 0.4) is 0 Å². The van der Waals surface area contributed by atoms with E-state index in [2.05, 4.69) is 17.3 Å². The first-order valence-corrected chi connectivity index (χ1v) is 9.95. The number of aliphatic imine (C=N–C) groups is 1. The minimum Gasteiger partial charge on any atom is -0.352 e. The van der Waals surface area contributed by atoms with Crippen molar-refractivity contribution in [3.8, 4) is 0 Å². The highest BCUT2D eigenvalue weighted by Crippen LogP contribution is 2.28. The van der Waals surface area contributed by atoms with Crippen molar-refractivity contribution in [3.05, 3.63) is 35.9 Å². The van der Waals surface area contributed by atoms with E-state index in [1.165, 1.54) is 32.1 Å². The molecule has 1 N–H and O–H groups in total. The molecule has 1 aromatic carbocycles. The fourth-order valence-electron chi connectivity index (χ4n) is 3.31. The molecule has 0 spiro atoms. The molecule has 1 aliphatic carbocycles. The summed E-state index contributed by atoms with van der Waals surface area (Å²) < 4.78 is 0. The van der Waals surface area contributed by atoms with Gasteiger partial charge in [0.25, 0.3) is 0 Å². The van der Waals surface area contributed by atoms with Crippen LogP contribution in [0, 0.1) is 0 Å². The molecule has 1 saturated carbocycles. The molecule has 1 unspecified atom stereocenters. The van der Waals surface area contributed by atoms with Gasteiger partial charge in [0.05, 0.1) is 6.04 Å². The van der Waals surface area contributed by atoms with Crippen molar-refractivity contribution in [2.45, 2.75) is 57.2 Å². The van der Waals surface area contributed by atoms with E-state index in [1.807, 2.05) is 30.3 Å². The molecule has 2 fully saturated rings. The molecule has 1 atom stereocenters. The number of hydrogen-bond donors (Lipinski definition) is 1. The molecule has 0 aromatic heterocycles. The number of halogens is 1. The van der Waals surface area contributed by atoms with Crippen LogP contribution in [-0.4, -0.2) is 40.9 Å². The fraction of sp³-hybridized carbons (Fsp3) is 0.579. The molecular formula is C19H28ClN3OS. The summed E-state index contributed by atoms with van der Waals surface area (Å²) in [6, 6.07) is 10.8. The molecule has 0 radical (unpaired) electrons. The van der Waals surface area contributed by atoms with Gasteiger partial charge in [0, 0.05) is 31.8 Å². The van der Waals surface area contributed by atoms with Gasteiger partial charge >= 0.3 is 0 Å². The molecule has 3 rings (SSSR count). The molecule has 6 heteroatoms. The molecule has 2 aliphatic rings. The maximum atomic E-state index is 12.2. The first-order valence-electron chi connectivity index (χ1n) is 8.96. The van der Waals surface area contributed by atoms with Crippen molar-refractivity contribution in [2.75, 3.05) is 12.8 Å². The summed E-state index contributed by atoms with van der Waals surface area (Å²) in [5, 5.41) is 4.16. The lowest BCUT2D eigenvalue weighted by molar-refractivity contribution is -0.121. The molecule has 1 saturated heterocycles. The molecule has 25 heavy (non-hydrogen) atoms. The van der Waals surface area contributed by atoms with E-state index in [9.17, 15) is 4.79 Å². The van der Waals surface area contributed by atoms with Gasteiger partial charge in [-0.2, -0.15) is 0 Å². The van der Waals surface area contributed by atoms with E-state index < -0.39 is 0 Å². The SMILES string of the molecule is CN1C(=NC2CCCCC2)SCC1CC(=O)NCc1ccccc1.Cl. The highest BCUT2D eigenvalue weighted by atomic mass is 35.5. The van der Waals surface area contributed by atoms with Crippen LogP contribution in [0.4, 0.5) is 0 Å². The van der Waals surface area contributed by atoms with Crippen molar-refractivity contribution >= 4 is 35.2 Å². The second-order valence-corrected chi connectivity index (χ2v) is 7.73. The first-order chi connectivity index (χ1) is 11.7. The second-order valence-electron chi connectivity index (χ2n) is 6.75. The van der Waals surface area contributed by atoms with Crippen LogP contribution in [0.1, 0.15) is 44.1 Å². The Labute approximate surface area is 161 Å². The number of amidine groups is 1. The number of benzene rings is 1. The Morgan fingerprint density at radius 1 is 1.24 bits per heavy atom. The predicted octanol–water partition coefficient (Wildman–Crippen LogP) is 3.85. The average Bonchev–Trinajstić information content (AvgIpc) is 2.95. The predicted molar refractivity (Wildman–Crippen MR) is 108 cm³/mol. The summed E-state index contributed by atoms with van der Waals surface area (Å²) in [6.07, 6.45) is 6.96. The molecular weight excluding hydrogens is 354 g/mol. The number of amides is 1. The second kappa shape index (κ2) is 10.1. The number of carbonyl (C=O) groups is 1. The zero-order chi connectivity index (χ0) is 16.8. The van der Waals surface area contributed by atoms with E-state index in [0.29, 0.717) is 19.0 Å². The molecule has 4 nitrogen and oxygen atoms in total. The third-order valence-corrected chi connectivity index (χ3v) is 6.08. The van der Waals surface area contributed by atoms with E-state index in [4.69, 9.17) is 4.99 Å². The molecule has 0 bridgehead atoms. The van der Waals surface area contributed by atoms with Crippen molar-refractivity contribution < 1.29 is 4.79 Å².